The van der Waals surface area contributed by atoms with Crippen molar-refractivity contribution in [2.75, 3.05) is 12.4 Å². The van der Waals surface area contributed by atoms with Crippen molar-refractivity contribution in [1.29, 1.82) is 0 Å². The van der Waals surface area contributed by atoms with Crippen LogP contribution in [0.1, 0.15) is 36.7 Å². The van der Waals surface area contributed by atoms with Crippen LogP contribution in [0.3, 0.4) is 0 Å². The van der Waals surface area contributed by atoms with Gasteiger partial charge in [0, 0.05) is 16.3 Å². The summed E-state index contributed by atoms with van der Waals surface area (Å²) in [5, 5.41) is 5.98. The minimum Gasteiger partial charge on any atom is -0.465 e. The molecule has 1 N–H and O–H groups in total. The third-order valence-corrected chi connectivity index (χ3v) is 2.59. The van der Waals surface area contributed by atoms with Gasteiger partial charge < -0.3 is 9.47 Å². The van der Waals surface area contributed by atoms with E-state index >= 15 is 0 Å². The monoisotopic (exact) mass is 306 g/mol. The summed E-state index contributed by atoms with van der Waals surface area (Å²) in [5.74, 6) is -0.597. The summed E-state index contributed by atoms with van der Waals surface area (Å²) in [5.41, 5.74) is 9.03. The average Bonchev–Trinajstić information content (AvgIpc) is 2.39. The summed E-state index contributed by atoms with van der Waals surface area (Å²) >= 11 is 0. The molecule has 0 aromatic heterocycles. The van der Waals surface area contributed by atoms with Crippen LogP contribution in [0.5, 0.6) is 0 Å². The van der Waals surface area contributed by atoms with Crippen molar-refractivity contribution >= 4 is 23.4 Å². The van der Waals surface area contributed by atoms with E-state index in [4.69, 9.17) is 10.3 Å². The molecule has 118 valence electrons. The van der Waals surface area contributed by atoms with Crippen LogP contribution >= 0.6 is 0 Å². The first-order valence-electron chi connectivity index (χ1n) is 6.46. The number of hydrogen-bond acceptors (Lipinski definition) is 5. The lowest BCUT2D eigenvalue weighted by Crippen LogP contribution is -2.27. The smallest absolute Gasteiger partial charge is 0.412 e. The Morgan fingerprint density at radius 1 is 1.32 bits per heavy atom. The molecular weight excluding hydrogens is 288 g/mol. The molecule has 0 saturated heterocycles. The number of azide groups is 1. The van der Waals surface area contributed by atoms with Crippen molar-refractivity contribution in [3.8, 4) is 0 Å². The van der Waals surface area contributed by atoms with Crippen molar-refractivity contribution < 1.29 is 19.1 Å². The quantitative estimate of drug-likeness (QED) is 0.392. The summed E-state index contributed by atoms with van der Waals surface area (Å²) in [6.45, 7) is 6.83. The maximum atomic E-state index is 11.8. The second-order valence-corrected chi connectivity index (χ2v) is 5.47. The molecule has 1 rings (SSSR count). The van der Waals surface area contributed by atoms with Crippen LogP contribution in [0.25, 0.3) is 10.4 Å². The zero-order chi connectivity index (χ0) is 16.9. The Hall–Kier alpha value is -2.73. The molecule has 0 atom stereocenters. The third-order valence-electron chi connectivity index (χ3n) is 2.59. The van der Waals surface area contributed by atoms with Crippen LogP contribution < -0.4 is 5.32 Å². The van der Waals surface area contributed by atoms with Gasteiger partial charge in [0.25, 0.3) is 0 Å². The molecular formula is C14H18N4O4. The highest BCUT2D eigenvalue weighted by atomic mass is 16.6. The molecule has 0 saturated carbocycles. The van der Waals surface area contributed by atoms with Gasteiger partial charge in [0.15, 0.2) is 0 Å². The minimum atomic E-state index is -0.676. The van der Waals surface area contributed by atoms with Gasteiger partial charge in [-0.25, -0.2) is 9.59 Å². The maximum absolute atomic E-state index is 11.8. The number of benzene rings is 1. The first-order chi connectivity index (χ1) is 10.2. The Labute approximate surface area is 128 Å². The van der Waals surface area contributed by atoms with E-state index in [1.54, 1.807) is 27.7 Å². The van der Waals surface area contributed by atoms with Gasteiger partial charge in [0.05, 0.1) is 12.7 Å². The van der Waals surface area contributed by atoms with Crippen molar-refractivity contribution in [2.45, 2.75) is 33.3 Å². The standard InChI is InChI=1S/C14H18N4O4/c1-8-10(12(19)21-5)6-9(17-18-15)7-11(8)16-13(20)22-14(2,3)4/h6-7H,1-5H3,(H,16,20). The second kappa shape index (κ2) is 6.82. The number of methoxy groups -OCH3 is 1. The zero-order valence-electron chi connectivity index (χ0n) is 13.1. The average molecular weight is 306 g/mol. The lowest BCUT2D eigenvalue weighted by Gasteiger charge is -2.20. The number of carbonyl (C=O) groups is 2. The molecule has 0 radical (unpaired) electrons. The number of ether oxygens (including phenoxy) is 2. The van der Waals surface area contributed by atoms with E-state index in [1.165, 1.54) is 19.2 Å². The summed E-state index contributed by atoms with van der Waals surface area (Å²) < 4.78 is 9.83. The fraction of sp³-hybridized carbons (Fsp3) is 0.429. The molecule has 0 fully saturated rings. The van der Waals surface area contributed by atoms with Crippen molar-refractivity contribution in [1.82, 2.24) is 0 Å². The number of nitrogens with zero attached hydrogens (tertiary/aromatic N) is 3. The molecule has 8 heteroatoms. The summed E-state index contributed by atoms with van der Waals surface area (Å²) in [6, 6.07) is 2.84. The number of nitrogens with one attached hydrogen (secondary N) is 1. The number of rotatable bonds is 3. The third kappa shape index (κ3) is 4.68. The highest BCUT2D eigenvalue weighted by molar-refractivity contribution is 5.96. The molecule has 0 bridgehead atoms. The molecule has 0 unspecified atom stereocenters. The van der Waals surface area contributed by atoms with Gasteiger partial charge in [0.2, 0.25) is 0 Å². The van der Waals surface area contributed by atoms with Crippen LogP contribution in [0.15, 0.2) is 17.2 Å². The Morgan fingerprint density at radius 2 is 1.95 bits per heavy atom. The van der Waals surface area contributed by atoms with Crippen LogP contribution in [0, 0.1) is 6.92 Å². The van der Waals surface area contributed by atoms with Gasteiger partial charge in [-0.15, -0.1) is 0 Å². The number of hydrogen-bond donors (Lipinski definition) is 1. The van der Waals surface area contributed by atoms with Crippen LogP contribution in [-0.2, 0) is 9.47 Å². The molecule has 0 aliphatic heterocycles. The van der Waals surface area contributed by atoms with E-state index in [0.29, 0.717) is 11.3 Å². The van der Waals surface area contributed by atoms with Crippen LogP contribution in [0.4, 0.5) is 16.2 Å². The fourth-order valence-corrected chi connectivity index (χ4v) is 1.67. The molecule has 8 nitrogen and oxygen atoms in total. The van der Waals surface area contributed by atoms with Crippen molar-refractivity contribution in [2.24, 2.45) is 5.11 Å². The lowest BCUT2D eigenvalue weighted by atomic mass is 10.1. The number of amides is 1. The summed E-state index contributed by atoms with van der Waals surface area (Å²) in [6.07, 6.45) is -0.676. The second-order valence-electron chi connectivity index (χ2n) is 5.47. The zero-order valence-corrected chi connectivity index (χ0v) is 13.1. The fourth-order valence-electron chi connectivity index (χ4n) is 1.67. The SMILES string of the molecule is COC(=O)c1cc(N=[N+]=[N-])cc(NC(=O)OC(C)(C)C)c1C. The highest BCUT2D eigenvalue weighted by Crippen LogP contribution is 2.28. The van der Waals surface area contributed by atoms with Gasteiger partial charge in [0.1, 0.15) is 5.60 Å². The van der Waals surface area contributed by atoms with Crippen LogP contribution in [-0.4, -0.2) is 24.8 Å². The highest BCUT2D eigenvalue weighted by Gasteiger charge is 2.19. The maximum Gasteiger partial charge on any atom is 0.412 e. The first-order valence-corrected chi connectivity index (χ1v) is 6.46. The normalized spacial score (nSPS) is 10.4. The number of anilines is 1. The molecule has 0 aliphatic rings. The summed E-state index contributed by atoms with van der Waals surface area (Å²) in [7, 11) is 1.24. The van der Waals surface area contributed by atoms with Crippen LogP contribution in [0.2, 0.25) is 0 Å². The topological polar surface area (TPSA) is 113 Å². The molecule has 1 aromatic carbocycles. The Morgan fingerprint density at radius 3 is 2.45 bits per heavy atom. The molecule has 1 amide bonds. The van der Waals surface area contributed by atoms with Gasteiger partial charge in [-0.3, -0.25) is 5.32 Å². The van der Waals surface area contributed by atoms with Gasteiger partial charge >= 0.3 is 12.1 Å². The minimum absolute atomic E-state index is 0.180. The number of esters is 1. The molecule has 22 heavy (non-hydrogen) atoms. The molecule has 0 heterocycles. The first kappa shape index (κ1) is 17.3. The molecule has 0 aliphatic carbocycles. The number of carbonyl (C=O) groups excluding carboxylic acids is 2. The van der Waals surface area contributed by atoms with Gasteiger partial charge in [-0.2, -0.15) is 0 Å². The van der Waals surface area contributed by atoms with Gasteiger partial charge in [-0.1, -0.05) is 5.11 Å². The Kier molecular flexibility index (Phi) is 5.37. The molecule has 1 aromatic rings. The van der Waals surface area contributed by atoms with E-state index in [2.05, 4.69) is 20.1 Å². The van der Waals surface area contributed by atoms with E-state index in [1.807, 2.05) is 0 Å². The van der Waals surface area contributed by atoms with E-state index in [0.717, 1.165) is 0 Å². The summed E-state index contributed by atoms with van der Waals surface area (Å²) in [4.78, 5) is 26.3. The van der Waals surface area contributed by atoms with E-state index in [9.17, 15) is 9.59 Å². The predicted octanol–water partition coefficient (Wildman–Crippen LogP) is 4.07. The van der Waals surface area contributed by atoms with Crippen molar-refractivity contribution in [3.63, 3.8) is 0 Å². The predicted molar refractivity (Wildman–Crippen MR) is 81.2 cm³/mol. The van der Waals surface area contributed by atoms with E-state index in [-0.39, 0.29) is 11.3 Å². The van der Waals surface area contributed by atoms with Gasteiger partial charge in [-0.05, 0) is 50.9 Å². The molecule has 0 spiro atoms. The largest absolute Gasteiger partial charge is 0.465 e. The Balaban J connectivity index is 3.22. The lowest BCUT2D eigenvalue weighted by molar-refractivity contribution is 0.0595. The Bertz CT molecular complexity index is 643. The van der Waals surface area contributed by atoms with Crippen molar-refractivity contribution in [3.05, 3.63) is 33.7 Å². The van der Waals surface area contributed by atoms with E-state index < -0.39 is 17.7 Å².